The van der Waals surface area contributed by atoms with Crippen molar-refractivity contribution in [2.24, 2.45) is 0 Å². The van der Waals surface area contributed by atoms with E-state index in [2.05, 4.69) is 12.2 Å². The molecule has 0 spiro atoms. The number of carbonyl (C=O) groups is 2. The Bertz CT molecular complexity index is 851. The summed E-state index contributed by atoms with van der Waals surface area (Å²) in [5.41, 5.74) is 2.09. The molecule has 0 aliphatic carbocycles. The molecule has 0 fully saturated rings. The van der Waals surface area contributed by atoms with Crippen molar-refractivity contribution in [3.63, 3.8) is 0 Å². The Labute approximate surface area is 198 Å². The molecule has 0 saturated carbocycles. The second kappa shape index (κ2) is 15.2. The highest BCUT2D eigenvalue weighted by molar-refractivity contribution is 6.07. The highest BCUT2D eigenvalue weighted by Gasteiger charge is 2.19. The topological polar surface area (TPSA) is 49.4 Å². The fraction of sp³-hybridized carbons (Fsp3) is 0.500. The van der Waals surface area contributed by atoms with Crippen molar-refractivity contribution in [1.82, 2.24) is 5.32 Å². The number of anilines is 1. The van der Waals surface area contributed by atoms with E-state index in [1.807, 2.05) is 25.1 Å². The van der Waals surface area contributed by atoms with Gasteiger partial charge in [0.1, 0.15) is 5.82 Å². The molecular weight excluding hydrogens is 415 g/mol. The number of carbonyl (C=O) groups excluding carboxylic acids is 2. The highest BCUT2D eigenvalue weighted by atomic mass is 19.1. The summed E-state index contributed by atoms with van der Waals surface area (Å²) in [6, 6.07) is 13.3. The lowest BCUT2D eigenvalue weighted by Gasteiger charge is -2.24. The highest BCUT2D eigenvalue weighted by Crippen LogP contribution is 2.19. The summed E-state index contributed by atoms with van der Waals surface area (Å²) < 4.78 is 13.4. The number of halogens is 1. The Balaban J connectivity index is 1.78. The van der Waals surface area contributed by atoms with Crippen molar-refractivity contribution < 1.29 is 14.0 Å². The summed E-state index contributed by atoms with van der Waals surface area (Å²) in [6.45, 7) is 4.80. The summed E-state index contributed by atoms with van der Waals surface area (Å²) in [6.07, 6.45) is 11.5. The van der Waals surface area contributed by atoms with Crippen molar-refractivity contribution in [2.45, 2.75) is 78.1 Å². The lowest BCUT2D eigenvalue weighted by Crippen LogP contribution is -2.39. The SMILES string of the molecule is CCCCCCCCCCCC(=O)NCCN(C(=O)c1ccccc1C)c1ccc(F)cc1. The Kier molecular flexibility index (Phi) is 12.2. The maximum absolute atomic E-state index is 13.4. The summed E-state index contributed by atoms with van der Waals surface area (Å²) in [7, 11) is 0. The Morgan fingerprint density at radius 2 is 1.45 bits per heavy atom. The molecule has 0 heterocycles. The smallest absolute Gasteiger partial charge is 0.258 e. The minimum Gasteiger partial charge on any atom is -0.354 e. The summed E-state index contributed by atoms with van der Waals surface area (Å²) in [4.78, 5) is 27.0. The van der Waals surface area contributed by atoms with Crippen LogP contribution in [0.2, 0.25) is 0 Å². The number of hydrogen-bond donors (Lipinski definition) is 1. The fourth-order valence-electron chi connectivity index (χ4n) is 3.92. The number of benzene rings is 2. The molecule has 1 N–H and O–H groups in total. The molecule has 33 heavy (non-hydrogen) atoms. The van der Waals surface area contributed by atoms with Crippen LogP contribution in [0.15, 0.2) is 48.5 Å². The fourth-order valence-corrected chi connectivity index (χ4v) is 3.92. The molecule has 0 saturated heterocycles. The summed E-state index contributed by atoms with van der Waals surface area (Å²) >= 11 is 0. The van der Waals surface area contributed by atoms with Gasteiger partial charge in [-0.1, -0.05) is 76.5 Å². The van der Waals surface area contributed by atoms with Crippen LogP contribution in [0.4, 0.5) is 10.1 Å². The van der Waals surface area contributed by atoms with Gasteiger partial charge in [0.15, 0.2) is 0 Å². The number of amides is 2. The standard InChI is InChI=1S/C28H39FN2O2/c1-3-4-5-6-7-8-9-10-11-16-27(32)30-21-22-31(25-19-17-24(29)18-20-25)28(33)26-15-13-12-14-23(26)2/h12-15,17-20H,3-11,16,21-22H2,1-2H3,(H,30,32). The number of aryl methyl sites for hydroxylation is 1. The first-order chi connectivity index (χ1) is 16.0. The van der Waals surface area contributed by atoms with Crippen molar-refractivity contribution in [2.75, 3.05) is 18.0 Å². The van der Waals surface area contributed by atoms with Crippen LogP contribution in [0.25, 0.3) is 0 Å². The normalized spacial score (nSPS) is 10.8. The van der Waals surface area contributed by atoms with Gasteiger partial charge in [-0.05, 0) is 49.2 Å². The Hall–Kier alpha value is -2.69. The van der Waals surface area contributed by atoms with Gasteiger partial charge in [-0.15, -0.1) is 0 Å². The van der Waals surface area contributed by atoms with E-state index in [1.165, 1.54) is 57.1 Å². The van der Waals surface area contributed by atoms with Crippen LogP contribution >= 0.6 is 0 Å². The first-order valence-electron chi connectivity index (χ1n) is 12.4. The van der Waals surface area contributed by atoms with E-state index in [0.717, 1.165) is 18.4 Å². The second-order valence-electron chi connectivity index (χ2n) is 8.68. The maximum atomic E-state index is 13.4. The van der Waals surface area contributed by atoms with Gasteiger partial charge < -0.3 is 10.2 Å². The maximum Gasteiger partial charge on any atom is 0.258 e. The number of hydrogen-bond acceptors (Lipinski definition) is 2. The van der Waals surface area contributed by atoms with Crippen molar-refractivity contribution in [3.8, 4) is 0 Å². The predicted octanol–water partition coefficient (Wildman–Crippen LogP) is 6.82. The molecule has 0 atom stereocenters. The van der Waals surface area contributed by atoms with Gasteiger partial charge in [-0.2, -0.15) is 0 Å². The molecule has 2 amide bonds. The molecule has 0 aromatic heterocycles. The van der Waals surface area contributed by atoms with E-state index in [-0.39, 0.29) is 17.6 Å². The lowest BCUT2D eigenvalue weighted by atomic mass is 10.1. The average molecular weight is 455 g/mol. The molecule has 0 radical (unpaired) electrons. The van der Waals surface area contributed by atoms with Gasteiger partial charge in [0.25, 0.3) is 5.91 Å². The van der Waals surface area contributed by atoms with Crippen LogP contribution in [0.5, 0.6) is 0 Å². The average Bonchev–Trinajstić information content (AvgIpc) is 2.81. The van der Waals surface area contributed by atoms with Crippen LogP contribution in [-0.2, 0) is 4.79 Å². The van der Waals surface area contributed by atoms with Crippen molar-refractivity contribution in [3.05, 3.63) is 65.5 Å². The van der Waals surface area contributed by atoms with Crippen LogP contribution in [-0.4, -0.2) is 24.9 Å². The molecule has 5 heteroatoms. The third-order valence-electron chi connectivity index (χ3n) is 5.92. The molecule has 0 aliphatic rings. The van der Waals surface area contributed by atoms with Crippen molar-refractivity contribution >= 4 is 17.5 Å². The predicted molar refractivity (Wildman–Crippen MR) is 134 cm³/mol. The molecule has 2 aromatic rings. The number of rotatable bonds is 15. The number of unbranched alkanes of at least 4 members (excludes halogenated alkanes) is 8. The second-order valence-corrected chi connectivity index (χ2v) is 8.68. The number of nitrogens with zero attached hydrogens (tertiary/aromatic N) is 1. The van der Waals surface area contributed by atoms with Crippen LogP contribution in [0.1, 0.15) is 87.1 Å². The van der Waals surface area contributed by atoms with Gasteiger partial charge >= 0.3 is 0 Å². The lowest BCUT2D eigenvalue weighted by molar-refractivity contribution is -0.121. The minimum atomic E-state index is -0.351. The largest absolute Gasteiger partial charge is 0.354 e. The first-order valence-corrected chi connectivity index (χ1v) is 12.4. The third-order valence-corrected chi connectivity index (χ3v) is 5.92. The van der Waals surface area contributed by atoms with Gasteiger partial charge in [0.05, 0.1) is 0 Å². The first kappa shape index (κ1) is 26.6. The van der Waals surface area contributed by atoms with Crippen LogP contribution in [0, 0.1) is 12.7 Å². The minimum absolute atomic E-state index is 0.0142. The van der Waals surface area contributed by atoms with E-state index < -0.39 is 0 Å². The molecule has 2 aromatic carbocycles. The zero-order valence-corrected chi connectivity index (χ0v) is 20.2. The van der Waals surface area contributed by atoms with Gasteiger partial charge in [0, 0.05) is 30.8 Å². The van der Waals surface area contributed by atoms with Crippen LogP contribution in [0.3, 0.4) is 0 Å². The van der Waals surface area contributed by atoms with E-state index in [0.29, 0.717) is 30.8 Å². The third kappa shape index (κ3) is 9.77. The quantitative estimate of drug-likeness (QED) is 0.300. The molecule has 180 valence electrons. The molecule has 0 bridgehead atoms. The zero-order chi connectivity index (χ0) is 23.9. The Morgan fingerprint density at radius 1 is 0.848 bits per heavy atom. The van der Waals surface area contributed by atoms with Crippen molar-refractivity contribution in [1.29, 1.82) is 0 Å². The molecular formula is C28H39FN2O2. The van der Waals surface area contributed by atoms with E-state index in [4.69, 9.17) is 0 Å². The summed E-state index contributed by atoms with van der Waals surface area (Å²) in [5, 5.41) is 2.93. The van der Waals surface area contributed by atoms with Gasteiger partial charge in [-0.25, -0.2) is 4.39 Å². The summed E-state index contributed by atoms with van der Waals surface area (Å²) in [5.74, 6) is -0.496. The monoisotopic (exact) mass is 454 g/mol. The molecule has 4 nitrogen and oxygen atoms in total. The van der Waals surface area contributed by atoms with E-state index in [9.17, 15) is 14.0 Å². The Morgan fingerprint density at radius 3 is 2.09 bits per heavy atom. The molecule has 0 aliphatic heterocycles. The molecule has 0 unspecified atom stereocenters. The van der Waals surface area contributed by atoms with E-state index >= 15 is 0 Å². The van der Waals surface area contributed by atoms with Crippen LogP contribution < -0.4 is 10.2 Å². The van der Waals surface area contributed by atoms with E-state index in [1.54, 1.807) is 23.1 Å². The van der Waals surface area contributed by atoms with Gasteiger partial charge in [0.2, 0.25) is 5.91 Å². The van der Waals surface area contributed by atoms with Gasteiger partial charge in [-0.3, -0.25) is 9.59 Å². The number of nitrogens with one attached hydrogen (secondary N) is 1. The zero-order valence-electron chi connectivity index (χ0n) is 20.2. The molecule has 2 rings (SSSR count).